The average Bonchev–Trinajstić information content (AvgIpc) is 2.32. The first kappa shape index (κ1) is 14.0. The van der Waals surface area contributed by atoms with E-state index >= 15 is 0 Å². The number of rotatable bonds is 5. The smallest absolute Gasteiger partial charge is 0.179 e. The van der Waals surface area contributed by atoms with E-state index in [4.69, 9.17) is 33.2 Å². The Morgan fingerprint density at radius 2 is 2.18 bits per heavy atom. The summed E-state index contributed by atoms with van der Waals surface area (Å²) in [5.74, 6) is -1.15. The molecule has 0 radical (unpaired) electrons. The largest absolute Gasteiger partial charge is 0.374 e. The quantitative estimate of drug-likeness (QED) is 0.826. The lowest BCUT2D eigenvalue weighted by atomic mass is 9.96. The lowest BCUT2D eigenvalue weighted by Gasteiger charge is -2.09. The van der Waals surface area contributed by atoms with Crippen molar-refractivity contribution in [1.29, 1.82) is 5.26 Å². The Hall–Kier alpha value is -1.08. The van der Waals surface area contributed by atoms with Crippen molar-refractivity contribution >= 4 is 29.0 Å². The predicted molar refractivity (Wildman–Crippen MR) is 66.3 cm³/mol. The normalized spacial score (nSPS) is 11.9. The van der Waals surface area contributed by atoms with Gasteiger partial charge in [-0.3, -0.25) is 4.79 Å². The van der Waals surface area contributed by atoms with Crippen molar-refractivity contribution in [3.63, 3.8) is 0 Å². The molecule has 0 aliphatic rings. The second-order valence-corrected chi connectivity index (χ2v) is 4.15. The van der Waals surface area contributed by atoms with E-state index in [9.17, 15) is 4.79 Å². The molecule has 0 saturated heterocycles. The molecule has 1 rings (SSSR count). The maximum Gasteiger partial charge on any atom is 0.179 e. The molecule has 3 nitrogen and oxygen atoms in total. The number of carbonyl (C=O) groups excluding carboxylic acids is 1. The lowest BCUT2D eigenvalue weighted by Crippen LogP contribution is -2.17. The molecule has 0 saturated carbocycles. The molecule has 0 fully saturated rings. The van der Waals surface area contributed by atoms with Crippen molar-refractivity contribution in [1.82, 2.24) is 0 Å². The van der Waals surface area contributed by atoms with Gasteiger partial charge in [-0.15, -0.1) is 0 Å². The highest BCUT2D eigenvalue weighted by Crippen LogP contribution is 2.26. The molecule has 0 heterocycles. The van der Waals surface area contributed by atoms with Crippen LogP contribution in [-0.2, 0) is 9.53 Å². The molecule has 0 unspecified atom stereocenters. The van der Waals surface area contributed by atoms with Gasteiger partial charge >= 0.3 is 0 Å². The Morgan fingerprint density at radius 3 is 2.71 bits per heavy atom. The summed E-state index contributed by atoms with van der Waals surface area (Å²) in [7, 11) is 0. The molecular weight excluding hydrogens is 261 g/mol. The molecule has 1 aromatic carbocycles. The van der Waals surface area contributed by atoms with Crippen molar-refractivity contribution in [3.8, 4) is 6.07 Å². The van der Waals surface area contributed by atoms with E-state index < -0.39 is 5.92 Å². The molecule has 0 aliphatic carbocycles. The number of nitrogens with zero attached hydrogens (tertiary/aromatic N) is 1. The van der Waals surface area contributed by atoms with Gasteiger partial charge in [0, 0.05) is 6.61 Å². The van der Waals surface area contributed by atoms with E-state index in [1.54, 1.807) is 19.1 Å². The van der Waals surface area contributed by atoms with Gasteiger partial charge in [-0.05, 0) is 24.6 Å². The van der Waals surface area contributed by atoms with Crippen molar-refractivity contribution in [3.05, 3.63) is 33.8 Å². The minimum absolute atomic E-state index is 0.0744. The molecule has 0 aliphatic heterocycles. The third-order valence-electron chi connectivity index (χ3n) is 2.18. The number of hydrogen-bond acceptors (Lipinski definition) is 3. The molecule has 0 N–H and O–H groups in total. The van der Waals surface area contributed by atoms with Gasteiger partial charge in [0.25, 0.3) is 0 Å². The highest BCUT2D eigenvalue weighted by Gasteiger charge is 2.20. The number of ketones is 1. The van der Waals surface area contributed by atoms with Crippen LogP contribution in [0.25, 0.3) is 0 Å². The van der Waals surface area contributed by atoms with Crippen LogP contribution in [0.15, 0.2) is 18.2 Å². The fourth-order valence-corrected chi connectivity index (χ4v) is 1.62. The van der Waals surface area contributed by atoms with E-state index in [1.807, 2.05) is 6.07 Å². The Balaban J connectivity index is 2.90. The number of carbonyl (C=O) groups is 1. The Morgan fingerprint density at radius 1 is 1.47 bits per heavy atom. The Labute approximate surface area is 110 Å². The van der Waals surface area contributed by atoms with Crippen LogP contribution in [0.1, 0.15) is 18.4 Å². The maximum atomic E-state index is 11.7. The van der Waals surface area contributed by atoms with Crippen LogP contribution in [0.2, 0.25) is 10.0 Å². The van der Waals surface area contributed by atoms with E-state index in [-0.39, 0.29) is 12.4 Å². The molecule has 17 heavy (non-hydrogen) atoms. The van der Waals surface area contributed by atoms with Crippen molar-refractivity contribution in [2.45, 2.75) is 12.8 Å². The summed E-state index contributed by atoms with van der Waals surface area (Å²) in [6.07, 6.45) is 0. The van der Waals surface area contributed by atoms with Crippen LogP contribution in [0, 0.1) is 11.3 Å². The van der Waals surface area contributed by atoms with Crippen LogP contribution in [-0.4, -0.2) is 19.0 Å². The average molecular weight is 272 g/mol. The second-order valence-electron chi connectivity index (χ2n) is 3.34. The number of hydrogen-bond donors (Lipinski definition) is 0. The SMILES string of the molecule is CCOCC(=O)[C@H](C#N)c1ccc(Cl)c(Cl)c1. The predicted octanol–water partition coefficient (Wildman–Crippen LogP) is 3.21. The number of halogens is 2. The van der Waals surface area contributed by atoms with Gasteiger partial charge in [0.1, 0.15) is 12.5 Å². The van der Waals surface area contributed by atoms with Crippen molar-refractivity contribution < 1.29 is 9.53 Å². The van der Waals surface area contributed by atoms with Crippen LogP contribution >= 0.6 is 23.2 Å². The zero-order chi connectivity index (χ0) is 12.8. The molecule has 0 aromatic heterocycles. The Kier molecular flexibility index (Phi) is 5.43. The van der Waals surface area contributed by atoms with Gasteiger partial charge in [0.05, 0.1) is 16.1 Å². The maximum absolute atomic E-state index is 11.7. The summed E-state index contributed by atoms with van der Waals surface area (Å²) in [4.78, 5) is 11.7. The van der Waals surface area contributed by atoms with Gasteiger partial charge in [-0.1, -0.05) is 29.3 Å². The number of Topliss-reactive ketones (excluding diaryl/α,β-unsaturated/α-hetero) is 1. The minimum atomic E-state index is -0.865. The van der Waals surface area contributed by atoms with E-state index in [0.29, 0.717) is 22.2 Å². The molecule has 1 aromatic rings. The zero-order valence-electron chi connectivity index (χ0n) is 9.24. The van der Waals surface area contributed by atoms with Gasteiger partial charge in [-0.25, -0.2) is 0 Å². The molecule has 0 amide bonds. The second kappa shape index (κ2) is 6.61. The molecule has 1 atom stereocenters. The highest BCUT2D eigenvalue weighted by molar-refractivity contribution is 6.42. The van der Waals surface area contributed by atoms with Crippen LogP contribution in [0.3, 0.4) is 0 Å². The first-order valence-corrected chi connectivity index (χ1v) is 5.80. The summed E-state index contributed by atoms with van der Waals surface area (Å²) < 4.78 is 4.99. The molecule has 0 bridgehead atoms. The topological polar surface area (TPSA) is 50.1 Å². The summed E-state index contributed by atoms with van der Waals surface area (Å²) >= 11 is 11.6. The summed E-state index contributed by atoms with van der Waals surface area (Å²) in [6.45, 7) is 2.15. The standard InChI is InChI=1S/C12H11Cl2NO2/c1-2-17-7-12(16)9(6-15)8-3-4-10(13)11(14)5-8/h3-5,9H,2,7H2,1H3/t9-/m1/s1. The molecule has 5 heteroatoms. The van der Waals surface area contributed by atoms with Crippen molar-refractivity contribution in [2.24, 2.45) is 0 Å². The van der Waals surface area contributed by atoms with E-state index in [1.165, 1.54) is 6.07 Å². The number of ether oxygens (including phenoxy) is 1. The fraction of sp³-hybridized carbons (Fsp3) is 0.333. The summed E-state index contributed by atoms with van der Waals surface area (Å²) in [6, 6.07) is 6.66. The van der Waals surface area contributed by atoms with Crippen molar-refractivity contribution in [2.75, 3.05) is 13.2 Å². The van der Waals surface area contributed by atoms with E-state index in [2.05, 4.69) is 0 Å². The van der Waals surface area contributed by atoms with Gasteiger partial charge < -0.3 is 4.74 Å². The zero-order valence-corrected chi connectivity index (χ0v) is 10.8. The third kappa shape index (κ3) is 3.71. The van der Waals surface area contributed by atoms with Crippen LogP contribution in [0.4, 0.5) is 0 Å². The molecule has 90 valence electrons. The summed E-state index contributed by atoms with van der Waals surface area (Å²) in [5.41, 5.74) is 0.534. The minimum Gasteiger partial charge on any atom is -0.374 e. The van der Waals surface area contributed by atoms with Crippen LogP contribution in [0.5, 0.6) is 0 Å². The monoisotopic (exact) mass is 271 g/mol. The highest BCUT2D eigenvalue weighted by atomic mass is 35.5. The molecule has 0 spiro atoms. The van der Waals surface area contributed by atoms with Gasteiger partial charge in [0.2, 0.25) is 0 Å². The first-order chi connectivity index (χ1) is 8.10. The Bertz CT molecular complexity index is 454. The molecular formula is C12H11Cl2NO2. The fourth-order valence-electron chi connectivity index (χ4n) is 1.31. The van der Waals surface area contributed by atoms with Gasteiger partial charge in [0.15, 0.2) is 5.78 Å². The van der Waals surface area contributed by atoms with E-state index in [0.717, 1.165) is 0 Å². The van der Waals surface area contributed by atoms with Gasteiger partial charge in [-0.2, -0.15) is 5.26 Å². The first-order valence-electron chi connectivity index (χ1n) is 5.05. The lowest BCUT2D eigenvalue weighted by molar-refractivity contribution is -0.123. The summed E-state index contributed by atoms with van der Waals surface area (Å²) in [5, 5.41) is 9.73. The number of nitriles is 1. The third-order valence-corrected chi connectivity index (χ3v) is 2.92. The van der Waals surface area contributed by atoms with Crippen LogP contribution < -0.4 is 0 Å². The number of benzene rings is 1.